The van der Waals surface area contributed by atoms with Gasteiger partial charge in [-0.25, -0.2) is 13.1 Å². The van der Waals surface area contributed by atoms with Crippen molar-refractivity contribution in [3.8, 4) is 0 Å². The molecule has 1 aliphatic carbocycles. The molecule has 1 aromatic rings. The van der Waals surface area contributed by atoms with E-state index in [0.29, 0.717) is 18.2 Å². The molecule has 1 heterocycles. The standard InChI is InChI=1S/C12H19BrN2O3S/c1-3-4-8-5-10(8)15-19(16,17)11-6-9(7-14-2)18-12(11)13/h6,8,10,14-15H,3-5,7H2,1-2H3. The van der Waals surface area contributed by atoms with E-state index in [-0.39, 0.29) is 15.6 Å². The first-order chi connectivity index (χ1) is 8.97. The Bertz CT molecular complexity index is 541. The highest BCUT2D eigenvalue weighted by Gasteiger charge is 2.40. The summed E-state index contributed by atoms with van der Waals surface area (Å²) >= 11 is 3.17. The summed E-state index contributed by atoms with van der Waals surface area (Å²) in [7, 11) is -1.71. The van der Waals surface area contributed by atoms with E-state index in [1.54, 1.807) is 13.1 Å². The van der Waals surface area contributed by atoms with Crippen LogP contribution in [0.4, 0.5) is 0 Å². The van der Waals surface area contributed by atoms with Crippen molar-refractivity contribution >= 4 is 26.0 Å². The van der Waals surface area contributed by atoms with Crippen LogP contribution in [0.5, 0.6) is 0 Å². The van der Waals surface area contributed by atoms with Crippen molar-refractivity contribution < 1.29 is 12.8 Å². The van der Waals surface area contributed by atoms with Gasteiger partial charge in [0.25, 0.3) is 0 Å². The predicted molar refractivity (Wildman–Crippen MR) is 76.3 cm³/mol. The Morgan fingerprint density at radius 3 is 2.89 bits per heavy atom. The smallest absolute Gasteiger partial charge is 0.245 e. The largest absolute Gasteiger partial charge is 0.452 e. The van der Waals surface area contributed by atoms with E-state index in [2.05, 4.69) is 32.9 Å². The molecule has 2 unspecified atom stereocenters. The average Bonchev–Trinajstić information content (AvgIpc) is 2.90. The van der Waals surface area contributed by atoms with E-state index < -0.39 is 10.0 Å². The quantitative estimate of drug-likeness (QED) is 0.790. The van der Waals surface area contributed by atoms with Crippen LogP contribution in [0.3, 0.4) is 0 Å². The van der Waals surface area contributed by atoms with Gasteiger partial charge in [-0.3, -0.25) is 0 Å². The molecule has 1 fully saturated rings. The number of rotatable bonds is 7. The van der Waals surface area contributed by atoms with E-state index in [1.165, 1.54) is 0 Å². The Balaban J connectivity index is 2.07. The van der Waals surface area contributed by atoms with E-state index >= 15 is 0 Å². The third-order valence-electron chi connectivity index (χ3n) is 3.24. The highest BCUT2D eigenvalue weighted by molar-refractivity contribution is 9.10. The second-order valence-corrected chi connectivity index (χ2v) is 7.30. The van der Waals surface area contributed by atoms with Crippen molar-refractivity contribution in [2.45, 2.75) is 43.7 Å². The van der Waals surface area contributed by atoms with Crippen LogP contribution in [0.2, 0.25) is 0 Å². The number of hydrogen-bond acceptors (Lipinski definition) is 4. The minimum absolute atomic E-state index is 0.0829. The van der Waals surface area contributed by atoms with Gasteiger partial charge in [0.05, 0.1) is 6.54 Å². The minimum Gasteiger partial charge on any atom is -0.452 e. The van der Waals surface area contributed by atoms with Crippen LogP contribution < -0.4 is 10.0 Å². The highest BCUT2D eigenvalue weighted by atomic mass is 79.9. The number of hydrogen-bond donors (Lipinski definition) is 2. The van der Waals surface area contributed by atoms with Crippen LogP contribution in [0, 0.1) is 5.92 Å². The van der Waals surface area contributed by atoms with Gasteiger partial charge in [0.15, 0.2) is 4.67 Å². The summed E-state index contributed by atoms with van der Waals surface area (Å²) in [6, 6.07) is 1.64. The van der Waals surface area contributed by atoms with E-state index in [9.17, 15) is 8.42 Å². The summed E-state index contributed by atoms with van der Waals surface area (Å²) in [6.45, 7) is 2.61. The van der Waals surface area contributed by atoms with Crippen molar-refractivity contribution in [3.63, 3.8) is 0 Å². The van der Waals surface area contributed by atoms with Crippen molar-refractivity contribution in [1.82, 2.24) is 10.0 Å². The third kappa shape index (κ3) is 3.59. The molecule has 2 N–H and O–H groups in total. The van der Waals surface area contributed by atoms with Crippen LogP contribution in [0.25, 0.3) is 0 Å². The number of sulfonamides is 1. The van der Waals surface area contributed by atoms with Gasteiger partial charge in [-0.05, 0) is 41.7 Å². The van der Waals surface area contributed by atoms with Gasteiger partial charge in [-0.1, -0.05) is 13.3 Å². The monoisotopic (exact) mass is 350 g/mol. The Labute approximate surface area is 122 Å². The van der Waals surface area contributed by atoms with Gasteiger partial charge in [-0.15, -0.1) is 0 Å². The average molecular weight is 351 g/mol. The fourth-order valence-corrected chi connectivity index (χ4v) is 4.50. The number of nitrogens with one attached hydrogen (secondary N) is 2. The fraction of sp³-hybridized carbons (Fsp3) is 0.667. The maximum Gasteiger partial charge on any atom is 0.245 e. The Hall–Kier alpha value is -0.370. The summed E-state index contributed by atoms with van der Waals surface area (Å²) in [4.78, 5) is 0.180. The van der Waals surface area contributed by atoms with Gasteiger partial charge < -0.3 is 9.73 Å². The summed E-state index contributed by atoms with van der Waals surface area (Å²) in [6.07, 6.45) is 3.10. The zero-order valence-electron chi connectivity index (χ0n) is 11.1. The lowest BCUT2D eigenvalue weighted by molar-refractivity contribution is 0.470. The molecule has 1 aliphatic rings. The molecule has 1 saturated carbocycles. The lowest BCUT2D eigenvalue weighted by atomic mass is 10.2. The van der Waals surface area contributed by atoms with Gasteiger partial charge in [0, 0.05) is 12.1 Å². The summed E-state index contributed by atoms with van der Waals surface area (Å²) in [5, 5.41) is 2.92. The molecule has 7 heteroatoms. The minimum atomic E-state index is -3.49. The number of furan rings is 1. The van der Waals surface area contributed by atoms with E-state index in [4.69, 9.17) is 4.42 Å². The van der Waals surface area contributed by atoms with Crippen LogP contribution >= 0.6 is 15.9 Å². The van der Waals surface area contributed by atoms with Gasteiger partial charge in [0.1, 0.15) is 10.7 Å². The zero-order valence-corrected chi connectivity index (χ0v) is 13.5. The predicted octanol–water partition coefficient (Wildman–Crippen LogP) is 2.23. The molecule has 0 spiro atoms. The Morgan fingerprint density at radius 2 is 2.26 bits per heavy atom. The molecule has 19 heavy (non-hydrogen) atoms. The molecular formula is C12H19BrN2O3S. The van der Waals surface area contributed by atoms with E-state index in [1.807, 2.05) is 0 Å². The van der Waals surface area contributed by atoms with Gasteiger partial charge in [0.2, 0.25) is 10.0 Å². The lowest BCUT2D eigenvalue weighted by Crippen LogP contribution is -2.27. The second-order valence-electron chi connectivity index (χ2n) is 4.89. The molecule has 0 radical (unpaired) electrons. The van der Waals surface area contributed by atoms with Crippen LogP contribution in [-0.4, -0.2) is 21.5 Å². The molecule has 0 amide bonds. The third-order valence-corrected chi connectivity index (χ3v) is 5.58. The summed E-state index contributed by atoms with van der Waals surface area (Å²) in [5.74, 6) is 1.08. The summed E-state index contributed by atoms with van der Waals surface area (Å²) < 4.78 is 32.9. The van der Waals surface area contributed by atoms with Crippen molar-refractivity contribution in [3.05, 3.63) is 16.5 Å². The van der Waals surface area contributed by atoms with Crippen LogP contribution in [-0.2, 0) is 16.6 Å². The molecule has 0 saturated heterocycles. The maximum atomic E-state index is 12.2. The Kier molecular flexibility index (Phi) is 4.70. The van der Waals surface area contributed by atoms with Crippen molar-refractivity contribution in [2.24, 2.45) is 5.92 Å². The number of halogens is 1. The first-order valence-electron chi connectivity index (χ1n) is 6.43. The first-order valence-corrected chi connectivity index (χ1v) is 8.70. The lowest BCUT2D eigenvalue weighted by Gasteiger charge is -2.04. The Morgan fingerprint density at radius 1 is 1.53 bits per heavy atom. The van der Waals surface area contributed by atoms with Crippen molar-refractivity contribution in [2.75, 3.05) is 7.05 Å². The molecule has 2 atom stereocenters. The molecule has 5 nitrogen and oxygen atoms in total. The zero-order chi connectivity index (χ0) is 14.0. The molecule has 1 aromatic heterocycles. The molecular weight excluding hydrogens is 332 g/mol. The second kappa shape index (κ2) is 5.95. The highest BCUT2D eigenvalue weighted by Crippen LogP contribution is 2.36. The molecule has 0 aromatic carbocycles. The fourth-order valence-electron chi connectivity index (χ4n) is 2.19. The topological polar surface area (TPSA) is 71.3 Å². The van der Waals surface area contributed by atoms with Crippen molar-refractivity contribution in [1.29, 1.82) is 0 Å². The molecule has 0 bridgehead atoms. The van der Waals surface area contributed by atoms with Gasteiger partial charge in [-0.2, -0.15) is 0 Å². The van der Waals surface area contributed by atoms with Crippen LogP contribution in [0.1, 0.15) is 31.9 Å². The van der Waals surface area contributed by atoms with Crippen LogP contribution in [0.15, 0.2) is 20.0 Å². The SMILES string of the molecule is CCCC1CC1NS(=O)(=O)c1cc(CNC)oc1Br. The van der Waals surface area contributed by atoms with Gasteiger partial charge >= 0.3 is 0 Å². The normalized spacial score (nSPS) is 22.7. The first kappa shape index (κ1) is 15.0. The molecule has 2 rings (SSSR count). The summed E-state index contributed by atoms with van der Waals surface area (Å²) in [5.41, 5.74) is 0. The van der Waals surface area contributed by atoms with E-state index in [0.717, 1.165) is 19.3 Å². The molecule has 108 valence electrons. The molecule has 0 aliphatic heterocycles. The maximum absolute atomic E-state index is 12.2.